The number of carbonyl (C=O) groups is 1. The highest BCUT2D eigenvalue weighted by Gasteiger charge is 2.39. The summed E-state index contributed by atoms with van der Waals surface area (Å²) in [6.45, 7) is 4.54. The summed E-state index contributed by atoms with van der Waals surface area (Å²) in [4.78, 5) is 14.2. The average molecular weight is 521 g/mol. The summed E-state index contributed by atoms with van der Waals surface area (Å²) < 4.78 is 32.9. The van der Waals surface area contributed by atoms with Crippen molar-refractivity contribution < 1.29 is 17.6 Å². The predicted octanol–water partition coefficient (Wildman–Crippen LogP) is 4.61. The largest absolute Gasteiger partial charge is 0.407 e. The molecule has 3 aromatic rings. The number of nitrogens with one attached hydrogen (secondary N) is 1. The van der Waals surface area contributed by atoms with Gasteiger partial charge in [0.2, 0.25) is 21.8 Å². The lowest BCUT2D eigenvalue weighted by atomic mass is 10.1. The summed E-state index contributed by atoms with van der Waals surface area (Å²) in [6.07, 6.45) is 1.40. The number of halogens is 1. The monoisotopic (exact) mass is 520 g/mol. The van der Waals surface area contributed by atoms with E-state index in [1.54, 1.807) is 11.8 Å². The van der Waals surface area contributed by atoms with E-state index in [1.165, 1.54) is 33.5 Å². The van der Waals surface area contributed by atoms with Crippen molar-refractivity contribution in [1.82, 2.24) is 14.5 Å². The van der Waals surface area contributed by atoms with Gasteiger partial charge in [0.1, 0.15) is 6.04 Å². The molecule has 0 spiro atoms. The number of sulfonamides is 1. The smallest absolute Gasteiger partial charge is 0.322 e. The van der Waals surface area contributed by atoms with Crippen LogP contribution in [0, 0.1) is 0 Å². The van der Waals surface area contributed by atoms with Crippen molar-refractivity contribution in [2.75, 3.05) is 11.9 Å². The van der Waals surface area contributed by atoms with Gasteiger partial charge in [-0.2, -0.15) is 4.31 Å². The number of nitrogens with zero attached hydrogens (tertiary/aromatic N) is 3. The number of hydrogen-bond donors (Lipinski definition) is 1. The van der Waals surface area contributed by atoms with Crippen molar-refractivity contribution in [2.24, 2.45) is 0 Å². The van der Waals surface area contributed by atoms with Gasteiger partial charge in [0.05, 0.1) is 11.3 Å². The first kappa shape index (κ1) is 24.7. The summed E-state index contributed by atoms with van der Waals surface area (Å²) in [7, 11) is -3.84. The molecule has 1 aliphatic rings. The van der Waals surface area contributed by atoms with Gasteiger partial charge in [0, 0.05) is 21.7 Å². The van der Waals surface area contributed by atoms with Crippen molar-refractivity contribution in [3.05, 3.63) is 65.0 Å². The molecule has 1 amide bonds. The molecule has 8 nitrogen and oxygen atoms in total. The van der Waals surface area contributed by atoms with Crippen molar-refractivity contribution in [1.29, 1.82) is 0 Å². The Morgan fingerprint density at radius 2 is 1.88 bits per heavy atom. The van der Waals surface area contributed by atoms with Gasteiger partial charge >= 0.3 is 6.01 Å². The van der Waals surface area contributed by atoms with Crippen LogP contribution in [0.5, 0.6) is 0 Å². The summed E-state index contributed by atoms with van der Waals surface area (Å²) in [6, 6.07) is 13.1. The van der Waals surface area contributed by atoms with E-state index >= 15 is 0 Å². The lowest BCUT2D eigenvalue weighted by Crippen LogP contribution is -2.43. The molecule has 34 heavy (non-hydrogen) atoms. The Morgan fingerprint density at radius 1 is 1.18 bits per heavy atom. The molecule has 4 rings (SSSR count). The molecule has 1 unspecified atom stereocenters. The molecular formula is C23H25ClN4O4S2. The second-order valence-electron chi connectivity index (χ2n) is 8.21. The Bertz CT molecular complexity index is 1240. The summed E-state index contributed by atoms with van der Waals surface area (Å²) in [5.41, 5.74) is 1.01. The normalized spacial score (nSPS) is 16.8. The van der Waals surface area contributed by atoms with Gasteiger partial charge in [-0.15, -0.1) is 16.9 Å². The van der Waals surface area contributed by atoms with E-state index in [1.807, 2.05) is 12.1 Å². The zero-order valence-corrected chi connectivity index (χ0v) is 21.2. The van der Waals surface area contributed by atoms with Crippen LogP contribution in [0.25, 0.3) is 0 Å². The van der Waals surface area contributed by atoms with Crippen molar-refractivity contribution in [2.45, 2.75) is 54.2 Å². The Kier molecular flexibility index (Phi) is 7.61. The zero-order chi connectivity index (χ0) is 24.3. The van der Waals surface area contributed by atoms with Crippen LogP contribution >= 0.6 is 23.4 Å². The number of hydrogen-bond acceptors (Lipinski definition) is 7. The predicted molar refractivity (Wildman–Crippen MR) is 132 cm³/mol. The highest BCUT2D eigenvalue weighted by molar-refractivity contribution is 7.99. The van der Waals surface area contributed by atoms with E-state index in [4.69, 9.17) is 16.0 Å². The first-order valence-corrected chi connectivity index (χ1v) is 13.6. The van der Waals surface area contributed by atoms with Crippen LogP contribution in [-0.2, 0) is 21.2 Å². The van der Waals surface area contributed by atoms with E-state index in [2.05, 4.69) is 41.5 Å². The molecule has 0 saturated carbocycles. The molecule has 1 N–H and O–H groups in total. The van der Waals surface area contributed by atoms with Crippen LogP contribution in [-0.4, -0.2) is 46.7 Å². The third-order valence-corrected chi connectivity index (χ3v) is 8.46. The zero-order valence-electron chi connectivity index (χ0n) is 18.8. The summed E-state index contributed by atoms with van der Waals surface area (Å²) in [5, 5.41) is 11.4. The minimum atomic E-state index is -3.84. The lowest BCUT2D eigenvalue weighted by Gasteiger charge is -2.22. The van der Waals surface area contributed by atoms with Crippen LogP contribution in [0.1, 0.15) is 38.1 Å². The molecule has 1 fully saturated rings. The highest BCUT2D eigenvalue weighted by atomic mass is 35.5. The summed E-state index contributed by atoms with van der Waals surface area (Å²) >= 11 is 7.66. The second kappa shape index (κ2) is 10.5. The number of rotatable bonds is 8. The number of anilines is 1. The minimum Gasteiger partial charge on any atom is -0.407 e. The summed E-state index contributed by atoms with van der Waals surface area (Å²) in [5.74, 6) is -0.142. The maximum absolute atomic E-state index is 13.1. The van der Waals surface area contributed by atoms with Crippen LogP contribution < -0.4 is 5.32 Å². The number of carbonyl (C=O) groups excluding carboxylic acids is 1. The maximum Gasteiger partial charge on any atom is 0.322 e. The number of aromatic nitrogens is 2. The second-order valence-corrected chi connectivity index (χ2v) is 12.2. The number of amides is 1. The molecule has 1 saturated heterocycles. The number of benzene rings is 2. The van der Waals surface area contributed by atoms with E-state index in [-0.39, 0.29) is 17.5 Å². The van der Waals surface area contributed by atoms with E-state index in [9.17, 15) is 13.2 Å². The van der Waals surface area contributed by atoms with Gasteiger partial charge in [0.15, 0.2) is 0 Å². The van der Waals surface area contributed by atoms with Crippen molar-refractivity contribution in [3.63, 3.8) is 0 Å². The molecule has 0 bridgehead atoms. The highest BCUT2D eigenvalue weighted by Crippen LogP contribution is 2.28. The minimum absolute atomic E-state index is 0.0530. The molecule has 1 aliphatic heterocycles. The van der Waals surface area contributed by atoms with E-state index < -0.39 is 22.0 Å². The topological polar surface area (TPSA) is 105 Å². The Balaban J connectivity index is 1.40. The standard InChI is InChI=1S/C23H25ClN4O4S2/c1-15(2)33-18-9-5-16(6-10-18)14-21-26-27-23(32-21)25-22(29)20-4-3-13-28(20)34(30,31)19-11-7-17(24)8-12-19/h5-12,15,20H,3-4,13-14H2,1-2H3,(H,25,27,29). The molecule has 11 heteroatoms. The van der Waals surface area contributed by atoms with Gasteiger partial charge < -0.3 is 4.42 Å². The Morgan fingerprint density at radius 3 is 2.56 bits per heavy atom. The molecule has 0 aliphatic carbocycles. The van der Waals surface area contributed by atoms with Crippen LogP contribution in [0.4, 0.5) is 6.01 Å². The fraction of sp³-hybridized carbons (Fsp3) is 0.348. The third kappa shape index (κ3) is 5.80. The first-order valence-electron chi connectivity index (χ1n) is 10.9. The quantitative estimate of drug-likeness (QED) is 0.432. The molecular weight excluding hydrogens is 496 g/mol. The third-order valence-electron chi connectivity index (χ3n) is 5.27. The maximum atomic E-state index is 13.1. The van der Waals surface area contributed by atoms with Gasteiger partial charge in [-0.25, -0.2) is 8.42 Å². The molecule has 2 heterocycles. The average Bonchev–Trinajstić information content (AvgIpc) is 3.45. The van der Waals surface area contributed by atoms with Crippen LogP contribution in [0.15, 0.2) is 62.7 Å². The molecule has 1 aromatic heterocycles. The molecule has 180 valence electrons. The fourth-order valence-electron chi connectivity index (χ4n) is 3.73. The van der Waals surface area contributed by atoms with E-state index in [0.29, 0.717) is 35.4 Å². The van der Waals surface area contributed by atoms with Crippen LogP contribution in [0.2, 0.25) is 5.02 Å². The van der Waals surface area contributed by atoms with Gasteiger partial charge in [-0.05, 0) is 54.8 Å². The van der Waals surface area contributed by atoms with Gasteiger partial charge in [0.25, 0.3) is 0 Å². The lowest BCUT2D eigenvalue weighted by molar-refractivity contribution is -0.119. The Labute approximate surface area is 208 Å². The SMILES string of the molecule is CC(C)Sc1ccc(Cc2nnc(NC(=O)C3CCCN3S(=O)(=O)c3ccc(Cl)cc3)o2)cc1. The van der Waals surface area contributed by atoms with E-state index in [0.717, 1.165) is 5.56 Å². The van der Waals surface area contributed by atoms with Crippen LogP contribution in [0.3, 0.4) is 0 Å². The van der Waals surface area contributed by atoms with Crippen molar-refractivity contribution in [3.8, 4) is 0 Å². The van der Waals surface area contributed by atoms with Crippen molar-refractivity contribution >= 4 is 45.3 Å². The Hall–Kier alpha value is -2.40. The van der Waals surface area contributed by atoms with Gasteiger partial charge in [-0.3, -0.25) is 10.1 Å². The molecule has 1 atom stereocenters. The molecule has 0 radical (unpaired) electrons. The fourth-order valence-corrected chi connectivity index (χ4v) is 6.35. The number of thioether (sulfide) groups is 1. The molecule has 2 aromatic carbocycles. The first-order chi connectivity index (χ1) is 16.2. The van der Waals surface area contributed by atoms with Gasteiger partial charge in [-0.1, -0.05) is 42.7 Å².